The molecule has 136 valence electrons. The normalized spacial score (nSPS) is 8.72. The molecule has 0 aliphatic carbocycles. The van der Waals surface area contributed by atoms with Gasteiger partial charge in [0.15, 0.2) is 5.76 Å². The molecule has 6 heteroatoms. The second kappa shape index (κ2) is 12.5. The van der Waals surface area contributed by atoms with Crippen molar-refractivity contribution in [1.29, 1.82) is 0 Å². The predicted molar refractivity (Wildman–Crippen MR) is 104 cm³/mol. The summed E-state index contributed by atoms with van der Waals surface area (Å²) in [7, 11) is 0. The number of nitrogens with two attached hydrogens (primary N) is 1. The summed E-state index contributed by atoms with van der Waals surface area (Å²) in [4.78, 5) is 21.9. The lowest BCUT2D eigenvalue weighted by Crippen LogP contribution is -2.03. The van der Waals surface area contributed by atoms with Crippen molar-refractivity contribution in [2.24, 2.45) is 0 Å². The first-order valence-corrected chi connectivity index (χ1v) is 8.59. The quantitative estimate of drug-likeness (QED) is 0.699. The van der Waals surface area contributed by atoms with Crippen molar-refractivity contribution in [3.63, 3.8) is 0 Å². The van der Waals surface area contributed by atoms with Gasteiger partial charge in [-0.3, -0.25) is 4.79 Å². The number of nitrogens with one attached hydrogen (secondary N) is 1. The van der Waals surface area contributed by atoms with Gasteiger partial charge in [-0.1, -0.05) is 41.5 Å². The standard InChI is InChI=1S/C13H10N4O2.3C2H6/c14-13-16-7-9(8-3-4-11(18)15-6-8)12(17-13)10-2-1-5-19-10;3*1-2/h1-7H,(H,15,18)(H2,14,16,17);3*1-2H3. The van der Waals surface area contributed by atoms with Crippen LogP contribution in [0.15, 0.2) is 52.1 Å². The van der Waals surface area contributed by atoms with Gasteiger partial charge in [-0.25, -0.2) is 9.97 Å². The molecule has 0 radical (unpaired) electrons. The van der Waals surface area contributed by atoms with E-state index in [0.29, 0.717) is 11.5 Å². The van der Waals surface area contributed by atoms with Crippen LogP contribution in [0.5, 0.6) is 0 Å². The number of aromatic nitrogens is 3. The lowest BCUT2D eigenvalue weighted by molar-refractivity contribution is 0.580. The van der Waals surface area contributed by atoms with Crippen molar-refractivity contribution in [2.45, 2.75) is 41.5 Å². The second-order valence-corrected chi connectivity index (χ2v) is 3.91. The molecule has 0 saturated heterocycles. The van der Waals surface area contributed by atoms with Crippen LogP contribution in [0, 0.1) is 0 Å². The topological polar surface area (TPSA) is 97.8 Å². The number of rotatable bonds is 2. The third-order valence-electron chi connectivity index (χ3n) is 2.66. The van der Waals surface area contributed by atoms with Crippen molar-refractivity contribution in [3.8, 4) is 22.6 Å². The number of nitrogen functional groups attached to an aromatic ring is 1. The largest absolute Gasteiger partial charge is 0.463 e. The van der Waals surface area contributed by atoms with Crippen molar-refractivity contribution >= 4 is 5.95 Å². The number of anilines is 1. The second-order valence-electron chi connectivity index (χ2n) is 3.91. The first-order valence-electron chi connectivity index (χ1n) is 8.59. The van der Waals surface area contributed by atoms with Crippen LogP contribution in [0.2, 0.25) is 0 Å². The van der Waals surface area contributed by atoms with E-state index < -0.39 is 0 Å². The molecule has 0 aromatic carbocycles. The van der Waals surface area contributed by atoms with Crippen LogP contribution in [0.1, 0.15) is 41.5 Å². The van der Waals surface area contributed by atoms with E-state index in [4.69, 9.17) is 10.2 Å². The fourth-order valence-electron chi connectivity index (χ4n) is 1.79. The van der Waals surface area contributed by atoms with Gasteiger partial charge in [-0.2, -0.15) is 0 Å². The summed E-state index contributed by atoms with van der Waals surface area (Å²) in [6, 6.07) is 6.69. The number of hydrogen-bond acceptors (Lipinski definition) is 5. The van der Waals surface area contributed by atoms with Gasteiger partial charge in [0, 0.05) is 29.6 Å². The summed E-state index contributed by atoms with van der Waals surface area (Å²) in [5, 5.41) is 0. The Kier molecular flexibility index (Phi) is 11.1. The Labute approximate surface area is 149 Å². The highest BCUT2D eigenvalue weighted by atomic mass is 16.3. The average Bonchev–Trinajstić information content (AvgIpc) is 3.22. The molecule has 3 heterocycles. The highest BCUT2D eigenvalue weighted by Crippen LogP contribution is 2.29. The Morgan fingerprint density at radius 1 is 1.04 bits per heavy atom. The third kappa shape index (κ3) is 6.25. The SMILES string of the molecule is CC.CC.CC.Nc1ncc(-c2ccc(=O)[nH]c2)c(-c2ccco2)n1. The van der Waals surface area contributed by atoms with E-state index in [2.05, 4.69) is 15.0 Å². The highest BCUT2D eigenvalue weighted by Gasteiger charge is 2.12. The van der Waals surface area contributed by atoms with Crippen LogP contribution in [-0.4, -0.2) is 15.0 Å². The molecule has 0 amide bonds. The average molecular weight is 344 g/mol. The van der Waals surface area contributed by atoms with E-state index in [-0.39, 0.29) is 11.5 Å². The maximum atomic E-state index is 11.1. The van der Waals surface area contributed by atoms with E-state index in [1.165, 1.54) is 6.07 Å². The zero-order valence-corrected chi connectivity index (χ0v) is 15.8. The molecule has 25 heavy (non-hydrogen) atoms. The van der Waals surface area contributed by atoms with Crippen LogP contribution >= 0.6 is 0 Å². The van der Waals surface area contributed by atoms with Crippen LogP contribution in [-0.2, 0) is 0 Å². The zero-order chi connectivity index (χ0) is 19.2. The van der Waals surface area contributed by atoms with Gasteiger partial charge in [0.05, 0.1) is 6.26 Å². The first-order chi connectivity index (χ1) is 12.2. The molecule has 3 aromatic rings. The van der Waals surface area contributed by atoms with Crippen LogP contribution in [0.3, 0.4) is 0 Å². The molecule has 0 atom stereocenters. The van der Waals surface area contributed by atoms with Gasteiger partial charge in [0.2, 0.25) is 11.5 Å². The number of aromatic amines is 1. The number of H-pyrrole nitrogens is 1. The van der Waals surface area contributed by atoms with Crippen molar-refractivity contribution in [3.05, 3.63) is 53.3 Å². The van der Waals surface area contributed by atoms with Crippen molar-refractivity contribution < 1.29 is 4.42 Å². The molecular formula is C19H28N4O2. The molecule has 3 rings (SSSR count). The Morgan fingerprint density at radius 3 is 2.24 bits per heavy atom. The minimum Gasteiger partial charge on any atom is -0.463 e. The predicted octanol–water partition coefficient (Wildman–Crippen LogP) is 4.75. The van der Waals surface area contributed by atoms with Crippen LogP contribution in [0.25, 0.3) is 22.6 Å². The fraction of sp³-hybridized carbons (Fsp3) is 0.316. The molecule has 6 nitrogen and oxygen atoms in total. The molecule has 3 aromatic heterocycles. The fourth-order valence-corrected chi connectivity index (χ4v) is 1.79. The number of furan rings is 1. The van der Waals surface area contributed by atoms with Gasteiger partial charge in [0.1, 0.15) is 5.69 Å². The van der Waals surface area contributed by atoms with Crippen molar-refractivity contribution in [2.75, 3.05) is 5.73 Å². The summed E-state index contributed by atoms with van der Waals surface area (Å²) < 4.78 is 5.34. The molecule has 0 spiro atoms. The van der Waals surface area contributed by atoms with E-state index >= 15 is 0 Å². The van der Waals surface area contributed by atoms with Gasteiger partial charge >= 0.3 is 0 Å². The minimum absolute atomic E-state index is 0.166. The van der Waals surface area contributed by atoms with Crippen molar-refractivity contribution in [1.82, 2.24) is 15.0 Å². The molecule has 0 aliphatic rings. The summed E-state index contributed by atoms with van der Waals surface area (Å²) >= 11 is 0. The smallest absolute Gasteiger partial charge is 0.247 e. The highest BCUT2D eigenvalue weighted by molar-refractivity contribution is 5.77. The molecule has 0 aliphatic heterocycles. The Morgan fingerprint density at radius 2 is 1.72 bits per heavy atom. The zero-order valence-electron chi connectivity index (χ0n) is 15.8. The summed E-state index contributed by atoms with van der Waals surface area (Å²) in [6.45, 7) is 12.0. The van der Waals surface area contributed by atoms with E-state index in [1.807, 2.05) is 41.5 Å². The lowest BCUT2D eigenvalue weighted by atomic mass is 10.1. The third-order valence-corrected chi connectivity index (χ3v) is 2.66. The van der Waals surface area contributed by atoms with E-state index in [0.717, 1.165) is 11.1 Å². The molecular weight excluding hydrogens is 316 g/mol. The minimum atomic E-state index is -0.167. The summed E-state index contributed by atoms with van der Waals surface area (Å²) in [6.07, 6.45) is 4.77. The Balaban J connectivity index is 0.000000871. The number of pyridine rings is 1. The summed E-state index contributed by atoms with van der Waals surface area (Å²) in [5.41, 5.74) is 7.55. The monoisotopic (exact) mass is 344 g/mol. The molecule has 0 bridgehead atoms. The van der Waals surface area contributed by atoms with Gasteiger partial charge < -0.3 is 15.1 Å². The molecule has 0 fully saturated rings. The summed E-state index contributed by atoms with van der Waals surface area (Å²) in [5.74, 6) is 0.759. The number of hydrogen-bond donors (Lipinski definition) is 2. The number of nitrogens with zero attached hydrogens (tertiary/aromatic N) is 2. The molecule has 3 N–H and O–H groups in total. The Bertz CT molecular complexity index is 745. The maximum Gasteiger partial charge on any atom is 0.247 e. The van der Waals surface area contributed by atoms with Gasteiger partial charge in [-0.15, -0.1) is 0 Å². The van der Waals surface area contributed by atoms with Crippen LogP contribution in [0.4, 0.5) is 5.95 Å². The van der Waals surface area contributed by atoms with Gasteiger partial charge in [-0.05, 0) is 18.2 Å². The van der Waals surface area contributed by atoms with E-state index in [1.54, 1.807) is 36.9 Å². The molecule has 0 saturated carbocycles. The Hall–Kier alpha value is -2.89. The van der Waals surface area contributed by atoms with Gasteiger partial charge in [0.25, 0.3) is 0 Å². The lowest BCUT2D eigenvalue weighted by Gasteiger charge is -2.06. The molecule has 0 unspecified atom stereocenters. The first kappa shape index (κ1) is 22.1. The van der Waals surface area contributed by atoms with Crippen LogP contribution < -0.4 is 11.3 Å². The maximum absolute atomic E-state index is 11.1. The van der Waals surface area contributed by atoms with E-state index in [9.17, 15) is 4.79 Å².